The lowest BCUT2D eigenvalue weighted by Gasteiger charge is -2.23. The highest BCUT2D eigenvalue weighted by Crippen LogP contribution is 2.38. The second-order valence-electron chi connectivity index (χ2n) is 7.09. The first kappa shape index (κ1) is 16.8. The summed E-state index contributed by atoms with van der Waals surface area (Å²) in [6.45, 7) is 6.63. The minimum absolute atomic E-state index is 0.403. The predicted octanol–water partition coefficient (Wildman–Crippen LogP) is 6.74. The summed E-state index contributed by atoms with van der Waals surface area (Å²) in [5, 5.41) is 0. The molecule has 0 amide bonds. The minimum Gasteiger partial charge on any atom is -0.0764 e. The molecule has 0 bridgehead atoms. The van der Waals surface area contributed by atoms with Crippen molar-refractivity contribution in [3.05, 3.63) is 94.6 Å². The van der Waals surface area contributed by atoms with Crippen molar-refractivity contribution in [3.63, 3.8) is 0 Å². The van der Waals surface area contributed by atoms with Crippen molar-refractivity contribution in [2.75, 3.05) is 0 Å². The molecule has 0 heterocycles. The van der Waals surface area contributed by atoms with Crippen LogP contribution in [0.25, 0.3) is 0 Å². The zero-order chi connectivity index (χ0) is 16.9. The quantitative estimate of drug-likeness (QED) is 0.553. The molecule has 3 rings (SSSR count). The van der Waals surface area contributed by atoms with Crippen LogP contribution in [0.5, 0.6) is 0 Å². The molecule has 1 atom stereocenters. The molecule has 0 saturated heterocycles. The lowest BCUT2D eigenvalue weighted by atomic mass is 9.80. The Labute approximate surface area is 146 Å². The van der Waals surface area contributed by atoms with Crippen LogP contribution in [0.1, 0.15) is 54.4 Å². The first-order valence-electron chi connectivity index (χ1n) is 9.19. The largest absolute Gasteiger partial charge is 0.0764 e. The number of benzene rings is 2. The Bertz CT molecular complexity index is 703. The van der Waals surface area contributed by atoms with E-state index in [0.717, 1.165) is 0 Å². The first-order valence-corrected chi connectivity index (χ1v) is 9.19. The van der Waals surface area contributed by atoms with E-state index in [2.05, 4.69) is 87.5 Å². The molecular formula is C24H28. The molecule has 0 spiro atoms. The summed E-state index contributed by atoms with van der Waals surface area (Å²) in [5.41, 5.74) is 7.02. The zero-order valence-electron chi connectivity index (χ0n) is 15.1. The summed E-state index contributed by atoms with van der Waals surface area (Å²) in [6.07, 6.45) is 11.0. The van der Waals surface area contributed by atoms with Gasteiger partial charge >= 0.3 is 0 Å². The summed E-state index contributed by atoms with van der Waals surface area (Å²) in [6, 6.07) is 18.0. The molecule has 0 nitrogen and oxygen atoms in total. The summed E-state index contributed by atoms with van der Waals surface area (Å²) >= 11 is 0. The number of allylic oxidation sites excluding steroid dienone is 4. The lowest BCUT2D eigenvalue weighted by molar-refractivity contribution is 0.687. The standard InChI is InChI=1S/C24H28/c1-4-5-10-20-13-14-23(17-20)24(21-11-6-8-18(2)15-21)22-12-7-9-19(3)16-22/h6-9,11-17,23-24H,4-5,10H2,1-3H3. The van der Waals surface area contributed by atoms with E-state index in [4.69, 9.17) is 0 Å². The van der Waals surface area contributed by atoms with Gasteiger partial charge in [-0.25, -0.2) is 0 Å². The van der Waals surface area contributed by atoms with Crippen molar-refractivity contribution in [3.8, 4) is 0 Å². The van der Waals surface area contributed by atoms with Crippen LogP contribution in [0, 0.1) is 19.8 Å². The maximum atomic E-state index is 2.49. The van der Waals surface area contributed by atoms with Crippen LogP contribution >= 0.6 is 0 Å². The van der Waals surface area contributed by atoms with E-state index in [-0.39, 0.29) is 0 Å². The lowest BCUT2D eigenvalue weighted by Crippen LogP contribution is -2.10. The highest BCUT2D eigenvalue weighted by Gasteiger charge is 2.24. The summed E-state index contributed by atoms with van der Waals surface area (Å²) < 4.78 is 0. The average Bonchev–Trinajstić information content (AvgIpc) is 3.02. The summed E-state index contributed by atoms with van der Waals surface area (Å²) in [5.74, 6) is 0.862. The second-order valence-corrected chi connectivity index (χ2v) is 7.09. The number of hydrogen-bond acceptors (Lipinski definition) is 0. The van der Waals surface area contributed by atoms with Crippen molar-refractivity contribution in [2.24, 2.45) is 5.92 Å². The molecule has 0 aliphatic heterocycles. The predicted molar refractivity (Wildman–Crippen MR) is 104 cm³/mol. The SMILES string of the molecule is CCCCC1=CC(C(c2cccc(C)c2)c2cccc(C)c2)C=C1. The van der Waals surface area contributed by atoms with Gasteiger partial charge < -0.3 is 0 Å². The third-order valence-corrected chi connectivity index (χ3v) is 4.95. The Kier molecular flexibility index (Phi) is 5.35. The smallest absolute Gasteiger partial charge is 0.0187 e. The van der Waals surface area contributed by atoms with Crippen molar-refractivity contribution in [1.29, 1.82) is 0 Å². The molecule has 0 heteroatoms. The van der Waals surface area contributed by atoms with Gasteiger partial charge in [-0.1, -0.05) is 96.8 Å². The van der Waals surface area contributed by atoms with E-state index in [9.17, 15) is 0 Å². The third-order valence-electron chi connectivity index (χ3n) is 4.95. The molecule has 1 unspecified atom stereocenters. The molecule has 24 heavy (non-hydrogen) atoms. The van der Waals surface area contributed by atoms with Gasteiger partial charge in [0.1, 0.15) is 0 Å². The van der Waals surface area contributed by atoms with Crippen LogP contribution in [0.4, 0.5) is 0 Å². The van der Waals surface area contributed by atoms with Crippen molar-refractivity contribution >= 4 is 0 Å². The van der Waals surface area contributed by atoms with E-state index in [1.165, 1.54) is 47.1 Å². The Balaban J connectivity index is 1.97. The van der Waals surface area contributed by atoms with Crippen LogP contribution in [0.2, 0.25) is 0 Å². The van der Waals surface area contributed by atoms with Gasteiger partial charge in [-0.15, -0.1) is 0 Å². The van der Waals surface area contributed by atoms with E-state index < -0.39 is 0 Å². The van der Waals surface area contributed by atoms with Crippen molar-refractivity contribution in [1.82, 2.24) is 0 Å². The molecular weight excluding hydrogens is 288 g/mol. The first-order chi connectivity index (χ1) is 11.7. The highest BCUT2D eigenvalue weighted by molar-refractivity contribution is 5.42. The molecule has 1 aliphatic rings. The molecule has 0 N–H and O–H groups in total. The Morgan fingerprint density at radius 3 is 2.08 bits per heavy atom. The third kappa shape index (κ3) is 3.87. The number of hydrogen-bond donors (Lipinski definition) is 0. The van der Waals surface area contributed by atoms with Crippen LogP contribution < -0.4 is 0 Å². The number of unbranched alkanes of at least 4 members (excludes halogenated alkanes) is 1. The molecule has 1 aliphatic carbocycles. The summed E-state index contributed by atoms with van der Waals surface area (Å²) in [7, 11) is 0. The molecule has 0 aromatic heterocycles. The van der Waals surface area contributed by atoms with Crippen LogP contribution in [-0.4, -0.2) is 0 Å². The number of aryl methyl sites for hydroxylation is 2. The molecule has 0 saturated carbocycles. The Hall–Kier alpha value is -2.08. The molecule has 0 fully saturated rings. The van der Waals surface area contributed by atoms with Gasteiger partial charge in [0, 0.05) is 11.8 Å². The summed E-state index contributed by atoms with van der Waals surface area (Å²) in [4.78, 5) is 0. The van der Waals surface area contributed by atoms with Gasteiger partial charge in [-0.3, -0.25) is 0 Å². The minimum atomic E-state index is 0.403. The zero-order valence-corrected chi connectivity index (χ0v) is 15.1. The van der Waals surface area contributed by atoms with E-state index in [1.54, 1.807) is 0 Å². The van der Waals surface area contributed by atoms with E-state index >= 15 is 0 Å². The molecule has 124 valence electrons. The Morgan fingerprint density at radius 2 is 1.54 bits per heavy atom. The van der Waals surface area contributed by atoms with Gasteiger partial charge in [0.05, 0.1) is 0 Å². The van der Waals surface area contributed by atoms with E-state index in [1.807, 2.05) is 0 Å². The van der Waals surface area contributed by atoms with Crippen LogP contribution in [0.3, 0.4) is 0 Å². The molecule has 2 aromatic rings. The van der Waals surface area contributed by atoms with Gasteiger partial charge in [0.2, 0.25) is 0 Å². The number of rotatable bonds is 6. The average molecular weight is 316 g/mol. The maximum Gasteiger partial charge on any atom is 0.0187 e. The van der Waals surface area contributed by atoms with E-state index in [0.29, 0.717) is 11.8 Å². The fourth-order valence-electron chi connectivity index (χ4n) is 3.71. The van der Waals surface area contributed by atoms with Crippen LogP contribution in [-0.2, 0) is 0 Å². The van der Waals surface area contributed by atoms with Gasteiger partial charge in [-0.05, 0) is 37.8 Å². The van der Waals surface area contributed by atoms with Gasteiger partial charge in [-0.2, -0.15) is 0 Å². The normalized spacial score (nSPS) is 16.7. The fourth-order valence-corrected chi connectivity index (χ4v) is 3.71. The highest BCUT2D eigenvalue weighted by atomic mass is 14.3. The Morgan fingerprint density at radius 1 is 0.917 bits per heavy atom. The topological polar surface area (TPSA) is 0 Å². The second kappa shape index (κ2) is 7.66. The van der Waals surface area contributed by atoms with Gasteiger partial charge in [0.25, 0.3) is 0 Å². The van der Waals surface area contributed by atoms with Crippen molar-refractivity contribution < 1.29 is 0 Å². The molecule has 2 aromatic carbocycles. The van der Waals surface area contributed by atoms with Gasteiger partial charge in [0.15, 0.2) is 0 Å². The monoisotopic (exact) mass is 316 g/mol. The van der Waals surface area contributed by atoms with Crippen LogP contribution in [0.15, 0.2) is 72.3 Å². The molecule has 0 radical (unpaired) electrons. The van der Waals surface area contributed by atoms with Crippen molar-refractivity contribution in [2.45, 2.75) is 46.0 Å². The maximum absolute atomic E-state index is 2.49. The fraction of sp³-hybridized carbons (Fsp3) is 0.333.